The van der Waals surface area contributed by atoms with Crippen LogP contribution >= 0.6 is 0 Å². The maximum atomic E-state index is 14.6. The Labute approximate surface area is 226 Å². The molecule has 0 aliphatic rings. The van der Waals surface area contributed by atoms with Crippen molar-refractivity contribution in [2.45, 2.75) is 26.9 Å². The van der Waals surface area contributed by atoms with Gasteiger partial charge in [-0.1, -0.05) is 24.3 Å². The van der Waals surface area contributed by atoms with E-state index in [1.807, 2.05) is 23.1 Å². The van der Waals surface area contributed by atoms with Gasteiger partial charge < -0.3 is 9.64 Å². The molecule has 0 saturated carbocycles. The molecule has 0 aliphatic carbocycles. The highest BCUT2D eigenvalue weighted by molar-refractivity contribution is 7.92. The van der Waals surface area contributed by atoms with Crippen LogP contribution in [0.15, 0.2) is 84.9 Å². The Balaban J connectivity index is 1.60. The first-order valence-electron chi connectivity index (χ1n) is 12.1. The van der Waals surface area contributed by atoms with Crippen LogP contribution < -0.4 is 14.4 Å². The van der Waals surface area contributed by atoms with Crippen molar-refractivity contribution in [2.75, 3.05) is 15.9 Å². The van der Waals surface area contributed by atoms with E-state index in [0.29, 0.717) is 46.1 Å². The molecule has 0 spiro atoms. The van der Waals surface area contributed by atoms with Gasteiger partial charge in [0, 0.05) is 36.0 Å². The third kappa shape index (κ3) is 7.42. The second-order valence-electron chi connectivity index (χ2n) is 9.24. The number of rotatable bonds is 10. The van der Waals surface area contributed by atoms with Crippen molar-refractivity contribution >= 4 is 27.2 Å². The summed E-state index contributed by atoms with van der Waals surface area (Å²) in [4.78, 5) is 13.4. The molecule has 0 amide bonds. The smallest absolute Gasteiger partial charge is 0.229 e. The fourth-order valence-electron chi connectivity index (χ4n) is 4.14. The number of hydrogen-bond donors (Lipinski definition) is 1. The molecule has 0 aliphatic heterocycles. The summed E-state index contributed by atoms with van der Waals surface area (Å²) < 4.78 is 60.3. The van der Waals surface area contributed by atoms with E-state index in [9.17, 15) is 22.0 Å². The SMILES string of the molecule is CC(=O)c1ccc(Oc2ccc(CN(Cc3ccc(F)cc3F)c3cccc(NS(C)(=O)=O)c3C)cc2)cc1. The van der Waals surface area contributed by atoms with Crippen molar-refractivity contribution < 1.29 is 26.7 Å². The summed E-state index contributed by atoms with van der Waals surface area (Å²) in [5, 5.41) is 0. The average molecular weight is 551 g/mol. The summed E-state index contributed by atoms with van der Waals surface area (Å²) in [6.45, 7) is 3.76. The minimum atomic E-state index is -3.51. The Morgan fingerprint density at radius 2 is 1.54 bits per heavy atom. The number of ether oxygens (including phenoxy) is 1. The van der Waals surface area contributed by atoms with E-state index in [-0.39, 0.29) is 12.3 Å². The zero-order valence-electron chi connectivity index (χ0n) is 21.7. The molecule has 0 unspecified atom stereocenters. The molecule has 0 heterocycles. The van der Waals surface area contributed by atoms with Crippen LogP contribution in [0.3, 0.4) is 0 Å². The van der Waals surface area contributed by atoms with Gasteiger partial charge in [-0.3, -0.25) is 9.52 Å². The number of hydrogen-bond acceptors (Lipinski definition) is 5. The van der Waals surface area contributed by atoms with Crippen LogP contribution in [0, 0.1) is 18.6 Å². The molecule has 0 bridgehead atoms. The highest BCUT2D eigenvalue weighted by Crippen LogP contribution is 2.31. The van der Waals surface area contributed by atoms with Gasteiger partial charge in [-0.05, 0) is 79.6 Å². The number of ketones is 1. The van der Waals surface area contributed by atoms with Crippen LogP contribution in [0.4, 0.5) is 20.2 Å². The molecule has 0 radical (unpaired) electrons. The maximum Gasteiger partial charge on any atom is 0.229 e. The first kappa shape index (κ1) is 27.8. The molecule has 4 rings (SSSR count). The van der Waals surface area contributed by atoms with Crippen molar-refractivity contribution in [3.8, 4) is 11.5 Å². The van der Waals surface area contributed by atoms with Crippen molar-refractivity contribution in [1.29, 1.82) is 0 Å². The number of Topliss-reactive ketones (excluding diaryl/α,β-unsaturated/α-hetero) is 1. The van der Waals surface area contributed by atoms with Crippen LogP contribution in [0.1, 0.15) is 34.0 Å². The zero-order chi connectivity index (χ0) is 28.2. The topological polar surface area (TPSA) is 75.7 Å². The number of halogens is 2. The fourth-order valence-corrected chi connectivity index (χ4v) is 4.76. The number of nitrogens with zero attached hydrogens (tertiary/aromatic N) is 1. The molecule has 0 fully saturated rings. The van der Waals surface area contributed by atoms with Crippen LogP contribution in [0.2, 0.25) is 0 Å². The summed E-state index contributed by atoms with van der Waals surface area (Å²) in [5.74, 6) is -0.163. The van der Waals surface area contributed by atoms with E-state index >= 15 is 0 Å². The Morgan fingerprint density at radius 3 is 2.13 bits per heavy atom. The Bertz CT molecular complexity index is 1590. The second-order valence-corrected chi connectivity index (χ2v) is 11.0. The molecular weight excluding hydrogens is 522 g/mol. The molecular formula is C30H28F2N2O4S. The minimum absolute atomic E-state index is 0.0242. The summed E-state index contributed by atoms with van der Waals surface area (Å²) >= 11 is 0. The van der Waals surface area contributed by atoms with Gasteiger partial charge in [0.25, 0.3) is 0 Å². The standard InChI is InChI=1S/C30H28F2N2O4S/c1-20-29(33-39(3,36)37)5-4-6-30(20)34(19-24-9-12-25(31)17-28(24)32)18-22-7-13-26(14-8-22)38-27-15-10-23(11-16-27)21(2)35/h4-17,33H,18-19H2,1-3H3. The number of nitrogens with one attached hydrogen (secondary N) is 1. The molecule has 202 valence electrons. The maximum absolute atomic E-state index is 14.6. The molecule has 4 aromatic carbocycles. The van der Waals surface area contributed by atoms with Crippen molar-refractivity contribution in [2.24, 2.45) is 0 Å². The quantitative estimate of drug-likeness (QED) is 0.219. The molecule has 0 atom stereocenters. The second kappa shape index (κ2) is 11.7. The molecule has 4 aromatic rings. The molecule has 0 saturated heterocycles. The van der Waals surface area contributed by atoms with Gasteiger partial charge >= 0.3 is 0 Å². The van der Waals surface area contributed by atoms with Gasteiger partial charge in [0.15, 0.2) is 5.78 Å². The van der Waals surface area contributed by atoms with Gasteiger partial charge in [-0.25, -0.2) is 17.2 Å². The van der Waals surface area contributed by atoms with Crippen LogP contribution in [-0.4, -0.2) is 20.5 Å². The molecule has 9 heteroatoms. The number of anilines is 2. The van der Waals surface area contributed by atoms with Gasteiger partial charge in [0.05, 0.1) is 11.9 Å². The van der Waals surface area contributed by atoms with E-state index in [2.05, 4.69) is 4.72 Å². The third-order valence-corrected chi connectivity index (χ3v) is 6.70. The monoisotopic (exact) mass is 550 g/mol. The Kier molecular flexibility index (Phi) is 8.30. The average Bonchev–Trinajstić information content (AvgIpc) is 2.87. The normalized spacial score (nSPS) is 11.2. The van der Waals surface area contributed by atoms with E-state index in [1.165, 1.54) is 19.1 Å². The lowest BCUT2D eigenvalue weighted by molar-refractivity contribution is 0.101. The van der Waals surface area contributed by atoms with Gasteiger partial charge in [-0.2, -0.15) is 0 Å². The number of sulfonamides is 1. The fraction of sp³-hybridized carbons (Fsp3) is 0.167. The predicted octanol–water partition coefficient (Wildman–Crippen LogP) is 6.85. The number of carbonyl (C=O) groups is 1. The summed E-state index contributed by atoms with van der Waals surface area (Å²) in [7, 11) is -3.51. The summed E-state index contributed by atoms with van der Waals surface area (Å²) in [6, 6.07) is 22.9. The minimum Gasteiger partial charge on any atom is -0.457 e. The van der Waals surface area contributed by atoms with Gasteiger partial charge in [-0.15, -0.1) is 0 Å². The molecule has 39 heavy (non-hydrogen) atoms. The first-order valence-corrected chi connectivity index (χ1v) is 14.0. The summed E-state index contributed by atoms with van der Waals surface area (Å²) in [6.07, 6.45) is 1.08. The van der Waals surface area contributed by atoms with E-state index in [1.54, 1.807) is 55.5 Å². The van der Waals surface area contributed by atoms with Gasteiger partial charge in [0.2, 0.25) is 10.0 Å². The molecule has 1 N–H and O–H groups in total. The largest absolute Gasteiger partial charge is 0.457 e. The van der Waals surface area contributed by atoms with Crippen LogP contribution in [-0.2, 0) is 23.1 Å². The lowest BCUT2D eigenvalue weighted by Gasteiger charge is -2.28. The van der Waals surface area contributed by atoms with Gasteiger partial charge in [0.1, 0.15) is 23.1 Å². The van der Waals surface area contributed by atoms with Crippen molar-refractivity contribution in [1.82, 2.24) is 0 Å². The van der Waals surface area contributed by atoms with Crippen LogP contribution in [0.25, 0.3) is 0 Å². The molecule has 0 aromatic heterocycles. The first-order chi connectivity index (χ1) is 18.5. The highest BCUT2D eigenvalue weighted by atomic mass is 32.2. The van der Waals surface area contributed by atoms with E-state index < -0.39 is 21.7 Å². The van der Waals surface area contributed by atoms with E-state index in [0.717, 1.165) is 17.9 Å². The third-order valence-electron chi connectivity index (χ3n) is 6.11. The number of benzene rings is 4. The number of carbonyl (C=O) groups excluding carboxylic acids is 1. The lowest BCUT2D eigenvalue weighted by Crippen LogP contribution is -2.24. The predicted molar refractivity (Wildman–Crippen MR) is 149 cm³/mol. The van der Waals surface area contributed by atoms with Crippen LogP contribution in [0.5, 0.6) is 11.5 Å². The lowest BCUT2D eigenvalue weighted by atomic mass is 10.1. The highest BCUT2D eigenvalue weighted by Gasteiger charge is 2.17. The summed E-state index contributed by atoms with van der Waals surface area (Å²) in [5.41, 5.74) is 3.56. The Morgan fingerprint density at radius 1 is 0.897 bits per heavy atom. The van der Waals surface area contributed by atoms with Crippen molar-refractivity contribution in [3.63, 3.8) is 0 Å². The Hall–Kier alpha value is -4.24. The molecule has 6 nitrogen and oxygen atoms in total. The zero-order valence-corrected chi connectivity index (χ0v) is 22.6. The van der Waals surface area contributed by atoms with Crippen molar-refractivity contribution in [3.05, 3.63) is 119 Å². The van der Waals surface area contributed by atoms with E-state index in [4.69, 9.17) is 4.74 Å².